The van der Waals surface area contributed by atoms with Gasteiger partial charge in [-0.1, -0.05) is 35.0 Å². The van der Waals surface area contributed by atoms with Gasteiger partial charge >= 0.3 is 0 Å². The Morgan fingerprint density at radius 1 is 1.19 bits per heavy atom. The molecular weight excluding hydrogens is 433 g/mol. The van der Waals surface area contributed by atoms with E-state index in [2.05, 4.69) is 31.1 Å². The summed E-state index contributed by atoms with van der Waals surface area (Å²) in [4.78, 5) is 14.5. The molecule has 6 rings (SSSR count). The third-order valence-corrected chi connectivity index (χ3v) is 6.03. The average molecular weight is 450 g/mol. The van der Waals surface area contributed by atoms with Crippen LogP contribution in [-0.4, -0.2) is 25.0 Å². The second-order valence-corrected chi connectivity index (χ2v) is 8.20. The first-order valence-electron chi connectivity index (χ1n) is 10.2. The van der Waals surface area contributed by atoms with Gasteiger partial charge < -0.3 is 13.9 Å². The molecule has 3 aromatic heterocycles. The molecule has 2 aromatic carbocycles. The van der Waals surface area contributed by atoms with Crippen LogP contribution in [0.4, 0.5) is 4.39 Å². The van der Waals surface area contributed by atoms with Gasteiger partial charge in [-0.25, -0.2) is 9.37 Å². The highest BCUT2D eigenvalue weighted by Gasteiger charge is 2.34. The van der Waals surface area contributed by atoms with Crippen molar-refractivity contribution in [3.05, 3.63) is 88.7 Å². The number of halogens is 2. The first-order chi connectivity index (χ1) is 15.6. The molecule has 0 saturated heterocycles. The number of rotatable bonds is 4. The lowest BCUT2D eigenvalue weighted by molar-refractivity contribution is 0.120. The first-order valence-corrected chi connectivity index (χ1v) is 10.5. The third kappa shape index (κ3) is 3.37. The zero-order valence-electron chi connectivity index (χ0n) is 16.8. The molecule has 0 aliphatic carbocycles. The number of hydrogen-bond donors (Lipinski definition) is 1. The fourth-order valence-corrected chi connectivity index (χ4v) is 4.32. The summed E-state index contributed by atoms with van der Waals surface area (Å²) in [6.45, 7) is 1.20. The van der Waals surface area contributed by atoms with Gasteiger partial charge in [-0.05, 0) is 30.3 Å². The molecule has 0 amide bonds. The number of furan rings is 1. The first kappa shape index (κ1) is 19.2. The Morgan fingerprint density at radius 3 is 2.97 bits per heavy atom. The van der Waals surface area contributed by atoms with Crippen LogP contribution in [0.2, 0.25) is 5.02 Å². The molecule has 9 heteroatoms. The van der Waals surface area contributed by atoms with Crippen molar-refractivity contribution in [3.63, 3.8) is 0 Å². The Bertz CT molecular complexity index is 1390. The maximum atomic E-state index is 13.5. The summed E-state index contributed by atoms with van der Waals surface area (Å²) in [6.07, 6.45) is 2.32. The molecule has 0 radical (unpaired) electrons. The normalized spacial score (nSPS) is 16.5. The van der Waals surface area contributed by atoms with Crippen LogP contribution in [-0.2, 0) is 19.5 Å². The molecule has 1 aliphatic rings. The number of aromatic amines is 1. The predicted molar refractivity (Wildman–Crippen MR) is 115 cm³/mol. The summed E-state index contributed by atoms with van der Waals surface area (Å²) >= 11 is 5.92. The van der Waals surface area contributed by atoms with Crippen molar-refractivity contribution < 1.29 is 13.3 Å². The molecule has 1 N–H and O–H groups in total. The molecule has 0 saturated carbocycles. The zero-order chi connectivity index (χ0) is 21.7. The number of hydrogen-bond acceptors (Lipinski definition) is 6. The van der Waals surface area contributed by atoms with E-state index in [1.54, 1.807) is 12.4 Å². The van der Waals surface area contributed by atoms with Gasteiger partial charge in [0, 0.05) is 23.9 Å². The van der Waals surface area contributed by atoms with Crippen LogP contribution in [0.1, 0.15) is 29.1 Å². The Hall–Kier alpha value is -3.49. The molecule has 32 heavy (non-hydrogen) atoms. The predicted octanol–water partition coefficient (Wildman–Crippen LogP) is 5.30. The molecule has 160 valence electrons. The number of nitrogens with zero attached hydrogens (tertiary/aromatic N) is 4. The van der Waals surface area contributed by atoms with Gasteiger partial charge in [0.15, 0.2) is 0 Å². The van der Waals surface area contributed by atoms with E-state index >= 15 is 0 Å². The quantitative estimate of drug-likeness (QED) is 0.401. The molecule has 0 spiro atoms. The summed E-state index contributed by atoms with van der Waals surface area (Å²) in [5.74, 6) is 1.18. The third-order valence-electron chi connectivity index (χ3n) is 5.74. The molecule has 5 aromatic rings. The Balaban J connectivity index is 1.33. The SMILES string of the molecule is Fc1ccc(-c2noc(C3Cc4nc[nH]c4CN3Cc3cc4ccccc4o3)n2)cc1Cl. The fraction of sp³-hybridized carbons (Fsp3) is 0.174. The maximum Gasteiger partial charge on any atom is 0.244 e. The summed E-state index contributed by atoms with van der Waals surface area (Å²) in [5.41, 5.74) is 3.47. The van der Waals surface area contributed by atoms with Crippen LogP contribution in [0, 0.1) is 5.82 Å². The Labute approximate surface area is 186 Å². The standard InChI is InChI=1S/C23H17ClFN5O2/c24-16-8-14(5-6-17(16)25)22-28-23(32-29-22)20-9-18-19(27-12-26-18)11-30(20)10-15-7-13-3-1-2-4-21(13)31-15/h1-8,12,20H,9-11H2,(H,26,27). The smallest absolute Gasteiger partial charge is 0.244 e. The lowest BCUT2D eigenvalue weighted by atomic mass is 10.0. The number of H-pyrrole nitrogens is 1. The van der Waals surface area contributed by atoms with Crippen molar-refractivity contribution in [2.24, 2.45) is 0 Å². The van der Waals surface area contributed by atoms with E-state index in [1.165, 1.54) is 12.1 Å². The minimum atomic E-state index is -0.491. The van der Waals surface area contributed by atoms with Crippen LogP contribution >= 0.6 is 11.6 Å². The van der Waals surface area contributed by atoms with Crippen molar-refractivity contribution in [1.29, 1.82) is 0 Å². The zero-order valence-corrected chi connectivity index (χ0v) is 17.5. The lowest BCUT2D eigenvalue weighted by Gasteiger charge is -2.31. The van der Waals surface area contributed by atoms with Crippen molar-refractivity contribution >= 4 is 22.6 Å². The molecule has 0 fully saturated rings. The Kier molecular flexibility index (Phi) is 4.55. The van der Waals surface area contributed by atoms with E-state index in [9.17, 15) is 4.39 Å². The van der Waals surface area contributed by atoms with Crippen molar-refractivity contribution in [2.45, 2.75) is 25.6 Å². The van der Waals surface area contributed by atoms with Crippen molar-refractivity contribution in [3.8, 4) is 11.4 Å². The van der Waals surface area contributed by atoms with E-state index in [-0.39, 0.29) is 11.1 Å². The molecule has 1 unspecified atom stereocenters. The monoisotopic (exact) mass is 449 g/mol. The molecule has 0 bridgehead atoms. The minimum absolute atomic E-state index is 0.0131. The number of imidazole rings is 1. The largest absolute Gasteiger partial charge is 0.460 e. The van der Waals surface area contributed by atoms with E-state index < -0.39 is 5.82 Å². The van der Waals surface area contributed by atoms with E-state index in [0.717, 1.165) is 28.1 Å². The van der Waals surface area contributed by atoms with Crippen LogP contribution in [0.25, 0.3) is 22.4 Å². The van der Waals surface area contributed by atoms with E-state index in [1.807, 2.05) is 24.3 Å². The highest BCUT2D eigenvalue weighted by atomic mass is 35.5. The summed E-state index contributed by atoms with van der Waals surface area (Å²) < 4.78 is 25.2. The van der Waals surface area contributed by atoms with Crippen LogP contribution in [0.15, 0.2) is 63.8 Å². The molecule has 1 aliphatic heterocycles. The molecule has 4 heterocycles. The number of para-hydroxylation sites is 1. The fourth-order valence-electron chi connectivity index (χ4n) is 4.14. The summed E-state index contributed by atoms with van der Waals surface area (Å²) in [5, 5.41) is 5.18. The van der Waals surface area contributed by atoms with Crippen LogP contribution in [0.5, 0.6) is 0 Å². The lowest BCUT2D eigenvalue weighted by Crippen LogP contribution is -2.34. The second kappa shape index (κ2) is 7.58. The van der Waals surface area contributed by atoms with Gasteiger partial charge in [0.25, 0.3) is 0 Å². The van der Waals surface area contributed by atoms with Crippen LogP contribution in [0.3, 0.4) is 0 Å². The topological polar surface area (TPSA) is 84.0 Å². The van der Waals surface area contributed by atoms with Gasteiger partial charge in [-0.3, -0.25) is 4.90 Å². The van der Waals surface area contributed by atoms with Crippen molar-refractivity contribution in [2.75, 3.05) is 0 Å². The molecule has 1 atom stereocenters. The highest BCUT2D eigenvalue weighted by Crippen LogP contribution is 2.34. The van der Waals surface area contributed by atoms with Gasteiger partial charge in [0.1, 0.15) is 17.2 Å². The highest BCUT2D eigenvalue weighted by molar-refractivity contribution is 6.31. The molecule has 7 nitrogen and oxygen atoms in total. The summed E-state index contributed by atoms with van der Waals surface area (Å²) in [6, 6.07) is 14.2. The van der Waals surface area contributed by atoms with E-state index in [0.29, 0.717) is 36.8 Å². The number of nitrogens with one attached hydrogen (secondary N) is 1. The minimum Gasteiger partial charge on any atom is -0.460 e. The maximum absolute atomic E-state index is 13.5. The molecular formula is C23H17ClFN5O2. The second-order valence-electron chi connectivity index (χ2n) is 7.79. The van der Waals surface area contributed by atoms with Gasteiger partial charge in [-0.2, -0.15) is 4.98 Å². The summed E-state index contributed by atoms with van der Waals surface area (Å²) in [7, 11) is 0. The average Bonchev–Trinajstić information content (AvgIpc) is 3.53. The van der Waals surface area contributed by atoms with Crippen LogP contribution < -0.4 is 0 Å². The van der Waals surface area contributed by atoms with Crippen molar-refractivity contribution in [1.82, 2.24) is 25.0 Å². The van der Waals surface area contributed by atoms with E-state index in [4.69, 9.17) is 20.5 Å². The number of aromatic nitrogens is 4. The van der Waals surface area contributed by atoms with Gasteiger partial charge in [-0.15, -0.1) is 0 Å². The number of fused-ring (bicyclic) bond motifs is 2. The number of benzene rings is 2. The Morgan fingerprint density at radius 2 is 2.09 bits per heavy atom. The van der Waals surface area contributed by atoms with Gasteiger partial charge in [0.2, 0.25) is 11.7 Å². The van der Waals surface area contributed by atoms with Gasteiger partial charge in [0.05, 0.1) is 35.3 Å².